The maximum Gasteiger partial charge on any atom is 0.244 e. The normalized spacial score (nSPS) is 18.2. The molecular weight excluding hydrogens is 346 g/mol. The highest BCUT2D eigenvalue weighted by atomic mass is 32.2. The molecule has 3 rings (SSSR count). The minimum absolute atomic E-state index is 0.0324. The lowest BCUT2D eigenvalue weighted by Crippen LogP contribution is -2.51. The van der Waals surface area contributed by atoms with Crippen LogP contribution >= 0.6 is 11.3 Å². The minimum Gasteiger partial charge on any atom is -0.301 e. The number of sulfonamides is 1. The van der Waals surface area contributed by atoms with E-state index >= 15 is 0 Å². The van der Waals surface area contributed by atoms with E-state index in [9.17, 15) is 13.2 Å². The summed E-state index contributed by atoms with van der Waals surface area (Å²) in [5.41, 5.74) is 2.78. The van der Waals surface area contributed by atoms with Crippen LogP contribution < -0.4 is 5.32 Å². The van der Waals surface area contributed by atoms with Crippen LogP contribution in [0, 0.1) is 6.92 Å². The Kier molecular flexibility index (Phi) is 4.71. The second-order valence-electron chi connectivity index (χ2n) is 5.72. The van der Waals surface area contributed by atoms with Gasteiger partial charge in [-0.3, -0.25) is 4.79 Å². The van der Waals surface area contributed by atoms with Gasteiger partial charge in [0.05, 0.1) is 11.4 Å². The summed E-state index contributed by atoms with van der Waals surface area (Å²) >= 11 is 1.33. The van der Waals surface area contributed by atoms with Crippen molar-refractivity contribution in [1.82, 2.24) is 9.29 Å². The van der Waals surface area contributed by atoms with E-state index in [2.05, 4.69) is 10.3 Å². The summed E-state index contributed by atoms with van der Waals surface area (Å²) in [5.74, 6) is -0.370. The predicted octanol–water partition coefficient (Wildman–Crippen LogP) is 2.17. The Morgan fingerprint density at radius 2 is 2.08 bits per heavy atom. The highest BCUT2D eigenvalue weighted by Crippen LogP contribution is 2.27. The Morgan fingerprint density at radius 1 is 1.38 bits per heavy atom. The smallest absolute Gasteiger partial charge is 0.244 e. The number of thiazole rings is 1. The van der Waals surface area contributed by atoms with Gasteiger partial charge in [-0.25, -0.2) is 13.4 Å². The summed E-state index contributed by atoms with van der Waals surface area (Å²) in [4.78, 5) is 16.9. The Hall–Kier alpha value is -1.77. The molecule has 128 valence electrons. The molecule has 24 heavy (non-hydrogen) atoms. The van der Waals surface area contributed by atoms with E-state index < -0.39 is 16.1 Å². The molecule has 0 fully saturated rings. The molecule has 2 aromatic rings. The molecule has 0 aliphatic carbocycles. The number of aryl methyl sites for hydroxylation is 1. The number of amides is 1. The van der Waals surface area contributed by atoms with E-state index in [-0.39, 0.29) is 18.2 Å². The second-order valence-corrected chi connectivity index (χ2v) is 8.79. The highest BCUT2D eigenvalue weighted by Gasteiger charge is 2.38. The molecular formula is C16H19N3O3S2. The molecule has 1 amide bonds. The third-order valence-corrected chi connectivity index (χ3v) is 6.78. The number of hydrogen-bond acceptors (Lipinski definition) is 5. The number of fused-ring (bicyclic) bond motifs is 1. The average Bonchev–Trinajstić information content (AvgIpc) is 2.98. The fraction of sp³-hybridized carbons (Fsp3) is 0.375. The molecule has 0 saturated heterocycles. The maximum absolute atomic E-state index is 12.7. The monoisotopic (exact) mass is 365 g/mol. The number of nitrogens with one attached hydrogen (secondary N) is 1. The Labute approximate surface area is 145 Å². The number of aromatic nitrogens is 1. The van der Waals surface area contributed by atoms with Gasteiger partial charge in [-0.05, 0) is 31.4 Å². The Balaban J connectivity index is 1.91. The second kappa shape index (κ2) is 6.62. The first kappa shape index (κ1) is 17.1. The molecule has 8 heteroatoms. The van der Waals surface area contributed by atoms with Crippen LogP contribution in [0.2, 0.25) is 0 Å². The van der Waals surface area contributed by atoms with Crippen molar-refractivity contribution in [2.75, 3.05) is 11.1 Å². The molecule has 6 nitrogen and oxygen atoms in total. The van der Waals surface area contributed by atoms with Crippen molar-refractivity contribution in [2.45, 2.75) is 32.9 Å². The first-order valence-corrected chi connectivity index (χ1v) is 10.2. The molecule has 1 aromatic heterocycles. The molecule has 0 saturated carbocycles. The van der Waals surface area contributed by atoms with Crippen LogP contribution in [0.4, 0.5) is 5.13 Å². The topological polar surface area (TPSA) is 79.4 Å². The van der Waals surface area contributed by atoms with Gasteiger partial charge in [-0.1, -0.05) is 24.3 Å². The largest absolute Gasteiger partial charge is 0.301 e. The van der Waals surface area contributed by atoms with E-state index in [0.717, 1.165) is 16.8 Å². The molecule has 1 aliphatic heterocycles. The lowest BCUT2D eigenvalue weighted by atomic mass is 9.95. The molecule has 1 atom stereocenters. The van der Waals surface area contributed by atoms with Crippen LogP contribution in [0.5, 0.6) is 0 Å². The van der Waals surface area contributed by atoms with Crippen LogP contribution in [0.3, 0.4) is 0 Å². The van der Waals surface area contributed by atoms with Gasteiger partial charge in [0.25, 0.3) is 0 Å². The van der Waals surface area contributed by atoms with Gasteiger partial charge in [0.1, 0.15) is 6.04 Å². The minimum atomic E-state index is -3.49. The van der Waals surface area contributed by atoms with Crippen LogP contribution in [0.25, 0.3) is 0 Å². The average molecular weight is 365 g/mol. The first-order chi connectivity index (χ1) is 11.4. The van der Waals surface area contributed by atoms with Gasteiger partial charge in [0.2, 0.25) is 15.9 Å². The fourth-order valence-corrected chi connectivity index (χ4v) is 4.70. The van der Waals surface area contributed by atoms with E-state index in [4.69, 9.17) is 0 Å². The molecule has 2 heterocycles. The molecule has 1 N–H and O–H groups in total. The molecule has 0 unspecified atom stereocenters. The van der Waals surface area contributed by atoms with Gasteiger partial charge in [0, 0.05) is 11.9 Å². The number of carbonyl (C=O) groups excluding carboxylic acids is 1. The van der Waals surface area contributed by atoms with Gasteiger partial charge >= 0.3 is 0 Å². The third kappa shape index (κ3) is 3.35. The molecule has 0 radical (unpaired) electrons. The zero-order valence-corrected chi connectivity index (χ0v) is 15.2. The maximum atomic E-state index is 12.7. The van der Waals surface area contributed by atoms with Gasteiger partial charge in [-0.2, -0.15) is 4.31 Å². The summed E-state index contributed by atoms with van der Waals surface area (Å²) in [7, 11) is -3.49. The van der Waals surface area contributed by atoms with Gasteiger partial charge in [0.15, 0.2) is 5.13 Å². The molecule has 0 spiro atoms. The summed E-state index contributed by atoms with van der Waals surface area (Å²) < 4.78 is 26.2. The standard InChI is InChI=1S/C16H19N3O3S2/c1-3-24(21,22)19-9-13-7-5-4-6-12(13)8-14(19)15(20)18-16-17-11(2)10-23-16/h4-7,10,14H,3,8-9H2,1-2H3,(H,17,18,20)/t14-/m0/s1. The van der Waals surface area contributed by atoms with Gasteiger partial charge < -0.3 is 5.32 Å². The third-order valence-electron chi connectivity index (χ3n) is 4.08. The SMILES string of the molecule is CCS(=O)(=O)N1Cc2ccccc2C[C@H]1C(=O)Nc1nc(C)cs1. The van der Waals surface area contributed by atoms with Crippen LogP contribution in [-0.4, -0.2) is 35.4 Å². The Bertz CT molecular complexity index is 861. The number of carbonyl (C=O) groups is 1. The number of nitrogens with zero attached hydrogens (tertiary/aromatic N) is 2. The highest BCUT2D eigenvalue weighted by molar-refractivity contribution is 7.89. The quantitative estimate of drug-likeness (QED) is 0.900. The zero-order chi connectivity index (χ0) is 17.3. The molecule has 0 bridgehead atoms. The summed E-state index contributed by atoms with van der Waals surface area (Å²) in [6, 6.07) is 6.88. The molecule has 1 aromatic carbocycles. The first-order valence-electron chi connectivity index (χ1n) is 7.70. The summed E-state index contributed by atoms with van der Waals surface area (Å²) in [6.45, 7) is 3.66. The number of rotatable bonds is 4. The van der Waals surface area contributed by atoms with E-state index in [1.807, 2.05) is 36.6 Å². The molecule has 1 aliphatic rings. The van der Waals surface area contributed by atoms with E-state index in [1.54, 1.807) is 6.92 Å². The lowest BCUT2D eigenvalue weighted by Gasteiger charge is -2.34. The van der Waals surface area contributed by atoms with Crippen LogP contribution in [0.15, 0.2) is 29.6 Å². The number of hydrogen-bond donors (Lipinski definition) is 1. The number of benzene rings is 1. The fourth-order valence-electron chi connectivity index (χ4n) is 2.78. The van der Waals surface area contributed by atoms with Crippen molar-refractivity contribution in [3.8, 4) is 0 Å². The predicted molar refractivity (Wildman–Crippen MR) is 94.4 cm³/mol. The lowest BCUT2D eigenvalue weighted by molar-refractivity contribution is -0.120. The van der Waals surface area contributed by atoms with Crippen molar-refractivity contribution in [3.63, 3.8) is 0 Å². The van der Waals surface area contributed by atoms with Crippen molar-refractivity contribution in [2.24, 2.45) is 0 Å². The van der Waals surface area contributed by atoms with E-state index in [1.165, 1.54) is 15.6 Å². The van der Waals surface area contributed by atoms with E-state index in [0.29, 0.717) is 11.6 Å². The van der Waals surface area contributed by atoms with Crippen LogP contribution in [-0.2, 0) is 27.8 Å². The van der Waals surface area contributed by atoms with Crippen molar-refractivity contribution in [3.05, 3.63) is 46.5 Å². The summed E-state index contributed by atoms with van der Waals surface area (Å²) in [6.07, 6.45) is 0.367. The van der Waals surface area contributed by atoms with Crippen molar-refractivity contribution in [1.29, 1.82) is 0 Å². The number of anilines is 1. The van der Waals surface area contributed by atoms with Crippen molar-refractivity contribution < 1.29 is 13.2 Å². The van der Waals surface area contributed by atoms with Crippen molar-refractivity contribution >= 4 is 32.4 Å². The van der Waals surface area contributed by atoms with Crippen LogP contribution in [0.1, 0.15) is 23.7 Å². The van der Waals surface area contributed by atoms with Gasteiger partial charge in [-0.15, -0.1) is 11.3 Å². The summed E-state index contributed by atoms with van der Waals surface area (Å²) in [5, 5.41) is 5.08. The zero-order valence-electron chi connectivity index (χ0n) is 13.5. The Morgan fingerprint density at radius 3 is 2.71 bits per heavy atom.